The van der Waals surface area contributed by atoms with Gasteiger partial charge >= 0.3 is 10.1 Å². The molecule has 3 aliphatic rings. The number of β-amino-alcohol motifs (C(OH)–C–C–N with tert-alkyl or cyclic N) is 1. The lowest BCUT2D eigenvalue weighted by Crippen LogP contribution is -2.43. The third-order valence-corrected chi connectivity index (χ3v) is 11.7. The summed E-state index contributed by atoms with van der Waals surface area (Å²) in [5.74, 6) is 0.854. The predicted octanol–water partition coefficient (Wildman–Crippen LogP) is 6.15. The number of hydrogen-bond donors (Lipinski definition) is 1. The molecule has 3 saturated heterocycles. The molecule has 5 heterocycles. The van der Waals surface area contributed by atoms with Crippen LogP contribution in [0.25, 0.3) is 32.9 Å². The van der Waals surface area contributed by atoms with Crippen molar-refractivity contribution in [2.75, 3.05) is 37.7 Å². The van der Waals surface area contributed by atoms with Gasteiger partial charge in [0.1, 0.15) is 17.7 Å². The molecule has 3 aromatic carbocycles. The molecule has 50 heavy (non-hydrogen) atoms. The SMILES string of the molecule is Cc1ccc(S(=O)(=O)Oc2cc(-c3cc4nc(N5CCC[C@@H](O)C5)ncc4c(C)n3)c3ccccc3c2OC[C@@]23CCCN2C[C@H](F)C3)cc1. The van der Waals surface area contributed by atoms with Crippen LogP contribution in [-0.4, -0.2) is 84.0 Å². The van der Waals surface area contributed by atoms with Gasteiger partial charge in [-0.2, -0.15) is 8.42 Å². The maximum absolute atomic E-state index is 14.7. The second-order valence-corrected chi connectivity index (χ2v) is 15.5. The monoisotopic (exact) mass is 697 g/mol. The number of halogens is 1. The highest BCUT2D eigenvalue weighted by Gasteiger charge is 2.49. The van der Waals surface area contributed by atoms with Gasteiger partial charge in [0, 0.05) is 54.3 Å². The fraction of sp³-hybridized carbons (Fsp3) is 0.395. The van der Waals surface area contributed by atoms with Gasteiger partial charge in [-0.15, -0.1) is 0 Å². The summed E-state index contributed by atoms with van der Waals surface area (Å²) >= 11 is 0. The first-order valence-electron chi connectivity index (χ1n) is 17.3. The maximum atomic E-state index is 14.7. The minimum Gasteiger partial charge on any atom is -0.487 e. The molecule has 0 unspecified atom stereocenters. The summed E-state index contributed by atoms with van der Waals surface area (Å²) in [6.07, 6.45) is 4.15. The molecule has 3 atom stereocenters. The number of alkyl halides is 1. The second-order valence-electron chi connectivity index (χ2n) is 13.9. The number of nitrogens with zero attached hydrogens (tertiary/aromatic N) is 5. The number of piperidine rings is 1. The Morgan fingerprint density at radius 3 is 2.58 bits per heavy atom. The minimum absolute atomic E-state index is 0.0205. The fourth-order valence-electron chi connectivity index (χ4n) is 7.88. The van der Waals surface area contributed by atoms with E-state index in [4.69, 9.17) is 18.9 Å². The first-order chi connectivity index (χ1) is 24.1. The van der Waals surface area contributed by atoms with Gasteiger partial charge in [0.2, 0.25) is 5.95 Å². The number of aliphatic hydroxyl groups is 1. The smallest absolute Gasteiger partial charge is 0.339 e. The molecule has 0 bridgehead atoms. The molecule has 3 aliphatic heterocycles. The van der Waals surface area contributed by atoms with E-state index in [1.807, 2.05) is 49.1 Å². The van der Waals surface area contributed by atoms with Crippen molar-refractivity contribution in [1.29, 1.82) is 0 Å². The Balaban J connectivity index is 1.26. The van der Waals surface area contributed by atoms with Crippen molar-refractivity contribution in [3.05, 3.63) is 78.1 Å². The van der Waals surface area contributed by atoms with Crippen molar-refractivity contribution < 1.29 is 26.8 Å². The van der Waals surface area contributed by atoms with Gasteiger partial charge in [-0.3, -0.25) is 9.88 Å². The van der Waals surface area contributed by atoms with E-state index in [2.05, 4.69) is 9.88 Å². The molecule has 260 valence electrons. The fourth-order valence-corrected chi connectivity index (χ4v) is 8.80. The summed E-state index contributed by atoms with van der Waals surface area (Å²) in [5, 5.41) is 12.5. The lowest BCUT2D eigenvalue weighted by Gasteiger charge is -2.32. The number of benzene rings is 3. The van der Waals surface area contributed by atoms with Gasteiger partial charge in [-0.25, -0.2) is 14.4 Å². The zero-order valence-corrected chi connectivity index (χ0v) is 29.0. The number of aryl methyl sites for hydroxylation is 2. The Kier molecular flexibility index (Phi) is 8.35. The molecule has 0 spiro atoms. The Hall–Kier alpha value is -4.39. The van der Waals surface area contributed by atoms with Gasteiger partial charge in [0.25, 0.3) is 0 Å². The van der Waals surface area contributed by atoms with E-state index < -0.39 is 27.9 Å². The first-order valence-corrected chi connectivity index (χ1v) is 18.7. The van der Waals surface area contributed by atoms with Crippen LogP contribution in [0.3, 0.4) is 0 Å². The quantitative estimate of drug-likeness (QED) is 0.189. The average Bonchev–Trinajstić information content (AvgIpc) is 3.62. The van der Waals surface area contributed by atoms with Gasteiger partial charge < -0.3 is 18.9 Å². The molecule has 10 nitrogen and oxygen atoms in total. The van der Waals surface area contributed by atoms with Crippen LogP contribution in [0.15, 0.2) is 71.8 Å². The number of ether oxygens (including phenoxy) is 1. The molecule has 0 aliphatic carbocycles. The molecule has 0 saturated carbocycles. The number of anilines is 1. The van der Waals surface area contributed by atoms with Gasteiger partial charge in [-0.05, 0) is 75.7 Å². The molecular formula is C38H40FN5O5S. The van der Waals surface area contributed by atoms with Crippen LogP contribution in [0.5, 0.6) is 11.5 Å². The van der Waals surface area contributed by atoms with E-state index in [0.717, 1.165) is 55.1 Å². The lowest BCUT2D eigenvalue weighted by molar-refractivity contribution is 0.113. The van der Waals surface area contributed by atoms with Crippen LogP contribution >= 0.6 is 0 Å². The molecule has 5 aromatic rings. The third-order valence-electron chi connectivity index (χ3n) is 10.4. The summed E-state index contributed by atoms with van der Waals surface area (Å²) in [6.45, 7) is 6.40. The van der Waals surface area contributed by atoms with Crippen LogP contribution in [0.2, 0.25) is 0 Å². The van der Waals surface area contributed by atoms with E-state index in [1.165, 1.54) is 12.1 Å². The minimum atomic E-state index is -4.27. The van der Waals surface area contributed by atoms with Crippen molar-refractivity contribution >= 4 is 37.7 Å². The summed E-state index contributed by atoms with van der Waals surface area (Å²) in [5.41, 5.74) is 3.08. The molecule has 2 aromatic heterocycles. The number of hydrogen-bond acceptors (Lipinski definition) is 10. The van der Waals surface area contributed by atoms with Crippen LogP contribution in [0.4, 0.5) is 10.3 Å². The highest BCUT2D eigenvalue weighted by Crippen LogP contribution is 2.46. The Morgan fingerprint density at radius 1 is 0.980 bits per heavy atom. The molecule has 0 radical (unpaired) electrons. The molecule has 8 rings (SSSR count). The topological polar surface area (TPSA) is 118 Å². The van der Waals surface area contributed by atoms with E-state index in [0.29, 0.717) is 53.3 Å². The van der Waals surface area contributed by atoms with E-state index in [1.54, 1.807) is 24.4 Å². The standard InChI is InChI=1S/C38H40FN5O5S/c1-24-10-12-28(13-11-24)50(46,47)49-35-17-31(33-18-34-32(25(2)41-33)20-40-37(42-34)43-15-5-7-27(45)22-43)29-8-3-4-9-30(29)36(35)48-23-38-14-6-16-44(38)21-26(39)19-38/h3-4,8-13,17-18,20,26-27,45H,5-7,14-16,19,21-23H2,1-2H3/t26-,27-,38+/m1/s1. The van der Waals surface area contributed by atoms with Crippen LogP contribution < -0.4 is 13.8 Å². The van der Waals surface area contributed by atoms with Gasteiger partial charge in [0.05, 0.1) is 22.9 Å². The van der Waals surface area contributed by atoms with Crippen molar-refractivity contribution in [1.82, 2.24) is 19.9 Å². The number of aromatic nitrogens is 3. The zero-order valence-electron chi connectivity index (χ0n) is 28.2. The maximum Gasteiger partial charge on any atom is 0.339 e. The zero-order chi connectivity index (χ0) is 34.6. The third kappa shape index (κ3) is 6.03. The van der Waals surface area contributed by atoms with E-state index in [9.17, 15) is 17.9 Å². The van der Waals surface area contributed by atoms with Crippen molar-refractivity contribution in [3.63, 3.8) is 0 Å². The largest absolute Gasteiger partial charge is 0.487 e. The summed E-state index contributed by atoms with van der Waals surface area (Å²) < 4.78 is 54.8. The lowest BCUT2D eigenvalue weighted by atomic mass is 9.94. The van der Waals surface area contributed by atoms with Crippen molar-refractivity contribution in [2.45, 2.75) is 68.7 Å². The van der Waals surface area contributed by atoms with E-state index in [-0.39, 0.29) is 23.0 Å². The van der Waals surface area contributed by atoms with Crippen molar-refractivity contribution in [3.8, 4) is 22.8 Å². The summed E-state index contributed by atoms with van der Waals surface area (Å²) in [4.78, 5) is 18.6. The van der Waals surface area contributed by atoms with Crippen LogP contribution in [0.1, 0.15) is 43.4 Å². The molecule has 3 fully saturated rings. The molecule has 1 N–H and O–H groups in total. The first kappa shape index (κ1) is 32.8. The van der Waals surface area contributed by atoms with Gasteiger partial charge in [0.15, 0.2) is 11.5 Å². The van der Waals surface area contributed by atoms with Crippen LogP contribution in [0, 0.1) is 13.8 Å². The number of aliphatic hydroxyl groups excluding tert-OH is 1. The predicted molar refractivity (Wildman–Crippen MR) is 190 cm³/mol. The average molecular weight is 698 g/mol. The molecule has 12 heteroatoms. The summed E-state index contributed by atoms with van der Waals surface area (Å²) in [6, 6.07) is 17.7. The molecule has 0 amide bonds. The normalized spacial score (nSPS) is 22.7. The summed E-state index contributed by atoms with van der Waals surface area (Å²) in [7, 11) is -4.27. The van der Waals surface area contributed by atoms with Gasteiger partial charge in [-0.1, -0.05) is 42.0 Å². The Morgan fingerprint density at radius 2 is 1.78 bits per heavy atom. The molecular weight excluding hydrogens is 658 g/mol. The second kappa shape index (κ2) is 12.7. The number of rotatable bonds is 8. The van der Waals surface area contributed by atoms with Crippen LogP contribution in [-0.2, 0) is 10.1 Å². The number of pyridine rings is 1. The van der Waals surface area contributed by atoms with E-state index >= 15 is 0 Å². The highest BCUT2D eigenvalue weighted by atomic mass is 32.2. The Labute approximate surface area is 291 Å². The van der Waals surface area contributed by atoms with Crippen molar-refractivity contribution in [2.24, 2.45) is 0 Å². The Bertz CT molecular complexity index is 2200. The number of fused-ring (bicyclic) bond motifs is 3. The highest BCUT2D eigenvalue weighted by molar-refractivity contribution is 7.87.